The smallest absolute Gasteiger partial charge is 0.249 e. The van der Waals surface area contributed by atoms with Crippen LogP contribution in [0.1, 0.15) is 12.3 Å². The molecule has 0 saturated carbocycles. The highest BCUT2D eigenvalue weighted by Gasteiger charge is 2.32. The summed E-state index contributed by atoms with van der Waals surface area (Å²) < 4.78 is 11.2. The second kappa shape index (κ2) is 7.57. The molecule has 2 atom stereocenters. The van der Waals surface area contributed by atoms with Crippen LogP contribution >= 0.6 is 0 Å². The number of hydrogen-bond donors (Lipinski definition) is 1. The largest absolute Gasteiger partial charge is 0.419 e. The number of ether oxygens (including phenoxy) is 1. The van der Waals surface area contributed by atoms with Gasteiger partial charge in [-0.1, -0.05) is 0 Å². The summed E-state index contributed by atoms with van der Waals surface area (Å²) in [6.45, 7) is 5.49. The van der Waals surface area contributed by atoms with Crippen LogP contribution in [-0.4, -0.2) is 81.6 Å². The van der Waals surface area contributed by atoms with Crippen LogP contribution in [0.2, 0.25) is 0 Å². The molecule has 2 fully saturated rings. The standard InChI is InChI=1S/C17H23N5O3/c23-15-12-24-11-14(15)22-6-2-5-21(7-8-22)10-16-19-20-17(25-16)13-3-1-4-18-9-13/h1,3-4,9,14-15,23H,2,5-8,10-12H2/t14-,15-/m1/s1. The molecule has 2 saturated heterocycles. The SMILES string of the molecule is O[C@@H]1COC[C@H]1N1CCCN(Cc2nnc(-c3cccnc3)o2)CC1. The average Bonchev–Trinajstić information content (AvgIpc) is 3.21. The highest BCUT2D eigenvalue weighted by Crippen LogP contribution is 2.19. The molecular formula is C17H23N5O3. The molecule has 2 aromatic rings. The fraction of sp³-hybridized carbons (Fsp3) is 0.588. The van der Waals surface area contributed by atoms with Crippen LogP contribution in [0.25, 0.3) is 11.5 Å². The van der Waals surface area contributed by atoms with Gasteiger partial charge in [-0.05, 0) is 31.6 Å². The van der Waals surface area contributed by atoms with Gasteiger partial charge in [0.15, 0.2) is 0 Å². The molecule has 0 spiro atoms. The number of nitrogens with zero attached hydrogens (tertiary/aromatic N) is 5. The summed E-state index contributed by atoms with van der Waals surface area (Å²) in [6, 6.07) is 3.88. The number of aromatic nitrogens is 3. The van der Waals surface area contributed by atoms with Crippen molar-refractivity contribution in [2.24, 2.45) is 0 Å². The summed E-state index contributed by atoms with van der Waals surface area (Å²) in [5, 5.41) is 18.3. The molecule has 0 aliphatic carbocycles. The Hall–Kier alpha value is -1.87. The van der Waals surface area contributed by atoms with Gasteiger partial charge in [0, 0.05) is 25.5 Å². The minimum absolute atomic E-state index is 0.125. The van der Waals surface area contributed by atoms with Crippen LogP contribution in [0.4, 0.5) is 0 Å². The first-order chi connectivity index (χ1) is 12.3. The van der Waals surface area contributed by atoms with E-state index in [0.717, 1.165) is 38.2 Å². The molecular weight excluding hydrogens is 322 g/mol. The minimum Gasteiger partial charge on any atom is -0.419 e. The van der Waals surface area contributed by atoms with E-state index in [9.17, 15) is 5.11 Å². The van der Waals surface area contributed by atoms with Gasteiger partial charge in [-0.3, -0.25) is 14.8 Å². The zero-order valence-electron chi connectivity index (χ0n) is 14.1. The van der Waals surface area contributed by atoms with Gasteiger partial charge in [0.05, 0.1) is 37.5 Å². The Labute approximate surface area is 146 Å². The van der Waals surface area contributed by atoms with Crippen molar-refractivity contribution in [3.8, 4) is 11.5 Å². The highest BCUT2D eigenvalue weighted by atomic mass is 16.5. The Kier molecular flexibility index (Phi) is 5.02. The van der Waals surface area contributed by atoms with Gasteiger partial charge in [-0.2, -0.15) is 0 Å². The number of hydrogen-bond acceptors (Lipinski definition) is 8. The van der Waals surface area contributed by atoms with Crippen molar-refractivity contribution in [1.82, 2.24) is 25.0 Å². The van der Waals surface area contributed by atoms with Crippen molar-refractivity contribution in [1.29, 1.82) is 0 Å². The molecule has 2 aliphatic heterocycles. The van der Waals surface area contributed by atoms with Crippen LogP contribution in [0.15, 0.2) is 28.9 Å². The Morgan fingerprint density at radius 3 is 2.92 bits per heavy atom. The van der Waals surface area contributed by atoms with Gasteiger partial charge in [0.2, 0.25) is 11.8 Å². The Morgan fingerprint density at radius 2 is 2.12 bits per heavy atom. The van der Waals surface area contributed by atoms with Crippen molar-refractivity contribution in [3.63, 3.8) is 0 Å². The predicted octanol–water partition coefficient (Wildman–Crippen LogP) is 0.399. The molecule has 1 N–H and O–H groups in total. The monoisotopic (exact) mass is 345 g/mol. The van der Waals surface area contributed by atoms with E-state index in [-0.39, 0.29) is 12.1 Å². The molecule has 134 valence electrons. The maximum Gasteiger partial charge on any atom is 0.249 e. The van der Waals surface area contributed by atoms with Gasteiger partial charge in [0.25, 0.3) is 0 Å². The first-order valence-corrected chi connectivity index (χ1v) is 8.74. The molecule has 2 aromatic heterocycles. The molecule has 0 bridgehead atoms. The topological polar surface area (TPSA) is 87.8 Å². The number of pyridine rings is 1. The lowest BCUT2D eigenvalue weighted by Crippen LogP contribution is -2.44. The summed E-state index contributed by atoms with van der Waals surface area (Å²) in [4.78, 5) is 8.74. The molecule has 4 rings (SSSR count). The molecule has 8 nitrogen and oxygen atoms in total. The van der Waals surface area contributed by atoms with E-state index < -0.39 is 0 Å². The van der Waals surface area contributed by atoms with Crippen LogP contribution in [0, 0.1) is 0 Å². The summed E-state index contributed by atoms with van der Waals surface area (Å²) >= 11 is 0. The van der Waals surface area contributed by atoms with Crippen molar-refractivity contribution < 1.29 is 14.3 Å². The molecule has 8 heteroatoms. The molecule has 0 amide bonds. The Bertz CT molecular complexity index is 680. The van der Waals surface area contributed by atoms with Crippen molar-refractivity contribution in [2.75, 3.05) is 39.4 Å². The summed E-state index contributed by atoms with van der Waals surface area (Å²) in [5.74, 6) is 1.13. The van der Waals surface area contributed by atoms with Gasteiger partial charge >= 0.3 is 0 Å². The van der Waals surface area contributed by atoms with Crippen LogP contribution in [-0.2, 0) is 11.3 Å². The molecule has 0 radical (unpaired) electrons. The third kappa shape index (κ3) is 3.87. The van der Waals surface area contributed by atoms with E-state index in [4.69, 9.17) is 9.15 Å². The van der Waals surface area contributed by atoms with Crippen LogP contribution in [0.5, 0.6) is 0 Å². The third-order valence-electron chi connectivity index (χ3n) is 4.85. The fourth-order valence-corrected chi connectivity index (χ4v) is 3.48. The third-order valence-corrected chi connectivity index (χ3v) is 4.85. The fourth-order valence-electron chi connectivity index (χ4n) is 3.48. The van der Waals surface area contributed by atoms with E-state index in [1.807, 2.05) is 12.1 Å². The van der Waals surface area contributed by atoms with Gasteiger partial charge in [-0.15, -0.1) is 10.2 Å². The van der Waals surface area contributed by atoms with Gasteiger partial charge in [-0.25, -0.2) is 0 Å². The maximum absolute atomic E-state index is 10.0. The molecule has 25 heavy (non-hydrogen) atoms. The van der Waals surface area contributed by atoms with E-state index in [1.54, 1.807) is 12.4 Å². The molecule has 0 aromatic carbocycles. The van der Waals surface area contributed by atoms with Crippen LogP contribution < -0.4 is 0 Å². The second-order valence-corrected chi connectivity index (χ2v) is 6.58. The second-order valence-electron chi connectivity index (χ2n) is 6.58. The molecule has 4 heterocycles. The van der Waals surface area contributed by atoms with Crippen molar-refractivity contribution in [2.45, 2.75) is 25.1 Å². The lowest BCUT2D eigenvalue weighted by atomic mass is 10.2. The molecule has 2 aliphatic rings. The summed E-state index contributed by atoms with van der Waals surface area (Å²) in [6.07, 6.45) is 4.11. The highest BCUT2D eigenvalue weighted by molar-refractivity contribution is 5.49. The number of rotatable bonds is 4. The zero-order chi connectivity index (χ0) is 17.1. The first-order valence-electron chi connectivity index (χ1n) is 8.74. The quantitative estimate of drug-likeness (QED) is 0.852. The number of aliphatic hydroxyl groups is 1. The maximum atomic E-state index is 10.0. The molecule has 0 unspecified atom stereocenters. The van der Waals surface area contributed by atoms with Gasteiger partial charge in [0.1, 0.15) is 0 Å². The normalized spacial score (nSPS) is 26.0. The van der Waals surface area contributed by atoms with Crippen molar-refractivity contribution >= 4 is 0 Å². The average molecular weight is 345 g/mol. The van der Waals surface area contributed by atoms with E-state index in [1.165, 1.54) is 0 Å². The predicted molar refractivity (Wildman–Crippen MR) is 89.6 cm³/mol. The summed E-state index contributed by atoms with van der Waals surface area (Å²) in [7, 11) is 0. The van der Waals surface area contributed by atoms with E-state index in [2.05, 4.69) is 25.0 Å². The van der Waals surface area contributed by atoms with E-state index in [0.29, 0.717) is 31.5 Å². The lowest BCUT2D eigenvalue weighted by molar-refractivity contribution is 0.0835. The Morgan fingerprint density at radius 1 is 1.16 bits per heavy atom. The lowest BCUT2D eigenvalue weighted by Gasteiger charge is -2.28. The van der Waals surface area contributed by atoms with Crippen LogP contribution in [0.3, 0.4) is 0 Å². The van der Waals surface area contributed by atoms with E-state index >= 15 is 0 Å². The zero-order valence-corrected chi connectivity index (χ0v) is 14.1. The number of aliphatic hydroxyl groups excluding tert-OH is 1. The first kappa shape index (κ1) is 16.6. The Balaban J connectivity index is 1.35. The van der Waals surface area contributed by atoms with Crippen molar-refractivity contribution in [3.05, 3.63) is 30.4 Å². The minimum atomic E-state index is -0.371. The summed E-state index contributed by atoms with van der Waals surface area (Å²) in [5.41, 5.74) is 0.832. The van der Waals surface area contributed by atoms with Gasteiger partial charge < -0.3 is 14.3 Å².